The second kappa shape index (κ2) is 5.48. The molecule has 0 aromatic rings. The zero-order chi connectivity index (χ0) is 11.4. The lowest BCUT2D eigenvalue weighted by atomic mass is 10.0. The minimum atomic E-state index is -0.0756. The fraction of sp³-hybridized carbons (Fsp3) is 0.769. The van der Waals surface area contributed by atoms with Crippen molar-refractivity contribution in [2.24, 2.45) is 0 Å². The van der Waals surface area contributed by atoms with E-state index in [9.17, 15) is 4.79 Å². The molecule has 3 heteroatoms. The van der Waals surface area contributed by atoms with Crippen LogP contribution in [0.1, 0.15) is 39.0 Å². The van der Waals surface area contributed by atoms with Gasteiger partial charge in [0, 0.05) is 12.1 Å². The average molecular weight is 223 g/mol. The Hall–Kier alpha value is -0.830. The van der Waals surface area contributed by atoms with Gasteiger partial charge in [0.1, 0.15) is 0 Å². The van der Waals surface area contributed by atoms with Crippen molar-refractivity contribution in [1.82, 2.24) is 4.90 Å². The SMILES string of the molecule is CCOC(=O)CN(C1C=CCCC1)C1CC1. The molecule has 0 spiro atoms. The highest BCUT2D eigenvalue weighted by atomic mass is 16.5. The molecule has 0 radical (unpaired) electrons. The number of ether oxygens (including phenoxy) is 1. The summed E-state index contributed by atoms with van der Waals surface area (Å²) in [6.45, 7) is 2.81. The van der Waals surface area contributed by atoms with Gasteiger partial charge in [-0.1, -0.05) is 12.2 Å². The van der Waals surface area contributed by atoms with E-state index in [0.717, 1.165) is 0 Å². The largest absolute Gasteiger partial charge is 0.465 e. The normalized spacial score (nSPS) is 24.8. The number of rotatable bonds is 5. The Kier molecular flexibility index (Phi) is 3.99. The van der Waals surface area contributed by atoms with Crippen LogP contribution in [-0.2, 0) is 9.53 Å². The van der Waals surface area contributed by atoms with Gasteiger partial charge in [-0.15, -0.1) is 0 Å². The zero-order valence-electron chi connectivity index (χ0n) is 10.0. The maximum absolute atomic E-state index is 11.5. The van der Waals surface area contributed by atoms with E-state index in [0.29, 0.717) is 25.2 Å². The van der Waals surface area contributed by atoms with Gasteiger partial charge in [0.2, 0.25) is 0 Å². The summed E-state index contributed by atoms with van der Waals surface area (Å²) >= 11 is 0. The van der Waals surface area contributed by atoms with Crippen LogP contribution >= 0.6 is 0 Å². The molecule has 0 aliphatic heterocycles. The van der Waals surface area contributed by atoms with Crippen LogP contribution in [0, 0.1) is 0 Å². The second-order valence-corrected chi connectivity index (χ2v) is 4.63. The molecule has 0 saturated heterocycles. The molecule has 2 aliphatic carbocycles. The minimum Gasteiger partial charge on any atom is -0.465 e. The van der Waals surface area contributed by atoms with Gasteiger partial charge in [0.25, 0.3) is 0 Å². The third-order valence-electron chi connectivity index (χ3n) is 3.29. The molecular weight excluding hydrogens is 202 g/mol. The summed E-state index contributed by atoms with van der Waals surface area (Å²) in [7, 11) is 0. The fourth-order valence-corrected chi connectivity index (χ4v) is 2.35. The number of hydrogen-bond acceptors (Lipinski definition) is 3. The van der Waals surface area contributed by atoms with Crippen molar-refractivity contribution >= 4 is 5.97 Å². The van der Waals surface area contributed by atoms with Crippen molar-refractivity contribution in [3.05, 3.63) is 12.2 Å². The molecule has 0 amide bonds. The fourth-order valence-electron chi connectivity index (χ4n) is 2.35. The van der Waals surface area contributed by atoms with E-state index >= 15 is 0 Å². The van der Waals surface area contributed by atoms with Crippen LogP contribution in [0.15, 0.2) is 12.2 Å². The van der Waals surface area contributed by atoms with Crippen LogP contribution < -0.4 is 0 Å². The van der Waals surface area contributed by atoms with Crippen LogP contribution in [0.25, 0.3) is 0 Å². The Morgan fingerprint density at radius 2 is 2.25 bits per heavy atom. The Labute approximate surface area is 97.5 Å². The number of allylic oxidation sites excluding steroid dienone is 1. The smallest absolute Gasteiger partial charge is 0.320 e. The number of carbonyl (C=O) groups is 1. The summed E-state index contributed by atoms with van der Waals surface area (Å²) in [6, 6.07) is 1.09. The molecule has 1 unspecified atom stereocenters. The topological polar surface area (TPSA) is 29.5 Å². The van der Waals surface area contributed by atoms with Crippen LogP contribution in [0.3, 0.4) is 0 Å². The zero-order valence-corrected chi connectivity index (χ0v) is 10.0. The Balaban J connectivity index is 1.91. The molecular formula is C13H21NO2. The molecule has 1 fully saturated rings. The number of nitrogens with zero attached hydrogens (tertiary/aromatic N) is 1. The van der Waals surface area contributed by atoms with Crippen molar-refractivity contribution in [3.8, 4) is 0 Å². The van der Waals surface area contributed by atoms with Gasteiger partial charge in [0.15, 0.2) is 0 Å². The van der Waals surface area contributed by atoms with Crippen molar-refractivity contribution in [2.75, 3.05) is 13.2 Å². The first kappa shape index (κ1) is 11.6. The summed E-state index contributed by atoms with van der Waals surface area (Å²) in [4.78, 5) is 13.9. The summed E-state index contributed by atoms with van der Waals surface area (Å²) < 4.78 is 5.04. The number of hydrogen-bond donors (Lipinski definition) is 0. The van der Waals surface area contributed by atoms with Gasteiger partial charge in [-0.3, -0.25) is 9.69 Å². The van der Waals surface area contributed by atoms with Gasteiger partial charge in [-0.05, 0) is 39.0 Å². The molecule has 0 aromatic heterocycles. The van der Waals surface area contributed by atoms with Gasteiger partial charge >= 0.3 is 5.97 Å². The molecule has 1 atom stereocenters. The molecule has 2 aliphatic rings. The van der Waals surface area contributed by atoms with Gasteiger partial charge in [-0.25, -0.2) is 0 Å². The molecule has 2 rings (SSSR count). The highest BCUT2D eigenvalue weighted by molar-refractivity contribution is 5.71. The van der Waals surface area contributed by atoms with E-state index in [1.165, 1.54) is 32.1 Å². The first-order valence-corrected chi connectivity index (χ1v) is 6.39. The van der Waals surface area contributed by atoms with E-state index in [2.05, 4.69) is 17.1 Å². The maximum Gasteiger partial charge on any atom is 0.320 e. The van der Waals surface area contributed by atoms with E-state index in [1.54, 1.807) is 0 Å². The number of esters is 1. The maximum atomic E-state index is 11.5. The molecule has 3 nitrogen and oxygen atoms in total. The Morgan fingerprint density at radius 1 is 1.44 bits per heavy atom. The van der Waals surface area contributed by atoms with E-state index in [-0.39, 0.29) is 5.97 Å². The van der Waals surface area contributed by atoms with Crippen molar-refractivity contribution in [3.63, 3.8) is 0 Å². The molecule has 16 heavy (non-hydrogen) atoms. The van der Waals surface area contributed by atoms with Gasteiger partial charge < -0.3 is 4.74 Å². The number of carbonyl (C=O) groups excluding carboxylic acids is 1. The van der Waals surface area contributed by atoms with Crippen LogP contribution in [0.4, 0.5) is 0 Å². The third-order valence-corrected chi connectivity index (χ3v) is 3.29. The summed E-state index contributed by atoms with van der Waals surface area (Å²) in [5.74, 6) is -0.0756. The monoisotopic (exact) mass is 223 g/mol. The second-order valence-electron chi connectivity index (χ2n) is 4.63. The molecule has 0 bridgehead atoms. The lowest BCUT2D eigenvalue weighted by molar-refractivity contribution is -0.145. The van der Waals surface area contributed by atoms with Crippen LogP contribution in [-0.4, -0.2) is 36.1 Å². The summed E-state index contributed by atoms with van der Waals surface area (Å²) in [5.41, 5.74) is 0. The van der Waals surface area contributed by atoms with Crippen molar-refractivity contribution < 1.29 is 9.53 Å². The van der Waals surface area contributed by atoms with Crippen molar-refractivity contribution in [2.45, 2.75) is 51.1 Å². The van der Waals surface area contributed by atoms with Crippen LogP contribution in [0.2, 0.25) is 0 Å². The van der Waals surface area contributed by atoms with Crippen LogP contribution in [0.5, 0.6) is 0 Å². The highest BCUT2D eigenvalue weighted by Gasteiger charge is 2.34. The third kappa shape index (κ3) is 3.08. The first-order chi connectivity index (χ1) is 7.81. The summed E-state index contributed by atoms with van der Waals surface area (Å²) in [6.07, 6.45) is 10.6. The Morgan fingerprint density at radius 3 is 2.81 bits per heavy atom. The lowest BCUT2D eigenvalue weighted by Gasteiger charge is -2.30. The van der Waals surface area contributed by atoms with E-state index in [4.69, 9.17) is 4.74 Å². The van der Waals surface area contributed by atoms with E-state index in [1.807, 2.05) is 6.92 Å². The molecule has 0 heterocycles. The standard InChI is InChI=1S/C13H21NO2/c1-2-16-13(15)10-14(12-8-9-12)11-6-4-3-5-7-11/h4,6,11-12H,2-3,5,7-10H2,1H3. The molecule has 0 aromatic carbocycles. The quantitative estimate of drug-likeness (QED) is 0.528. The Bertz CT molecular complexity index is 271. The van der Waals surface area contributed by atoms with E-state index < -0.39 is 0 Å². The predicted octanol–water partition coefficient (Wildman–Crippen LogP) is 2.12. The lowest BCUT2D eigenvalue weighted by Crippen LogP contribution is -2.41. The van der Waals surface area contributed by atoms with Gasteiger partial charge in [0.05, 0.1) is 13.2 Å². The highest BCUT2D eigenvalue weighted by Crippen LogP contribution is 2.31. The van der Waals surface area contributed by atoms with Crippen molar-refractivity contribution in [1.29, 1.82) is 0 Å². The first-order valence-electron chi connectivity index (χ1n) is 6.39. The predicted molar refractivity (Wildman–Crippen MR) is 63.1 cm³/mol. The van der Waals surface area contributed by atoms with Gasteiger partial charge in [-0.2, -0.15) is 0 Å². The molecule has 0 N–H and O–H groups in total. The summed E-state index contributed by atoms with van der Waals surface area (Å²) in [5, 5.41) is 0. The molecule has 90 valence electrons. The molecule has 1 saturated carbocycles. The minimum absolute atomic E-state index is 0.0756. The average Bonchev–Trinajstić information content (AvgIpc) is 3.11.